The van der Waals surface area contributed by atoms with E-state index in [1.165, 1.54) is 5.57 Å². The Morgan fingerprint density at radius 1 is 1.56 bits per heavy atom. The zero-order valence-electron chi connectivity index (χ0n) is 10.0. The van der Waals surface area contributed by atoms with Crippen LogP contribution in [0.25, 0.3) is 0 Å². The Morgan fingerprint density at radius 2 is 2.31 bits per heavy atom. The first-order chi connectivity index (χ1) is 7.63. The van der Waals surface area contributed by atoms with Crippen molar-refractivity contribution in [1.82, 2.24) is 4.90 Å². The second-order valence-electron chi connectivity index (χ2n) is 4.59. The van der Waals surface area contributed by atoms with Crippen LogP contribution in [0.2, 0.25) is 0 Å². The number of fused-ring (bicyclic) bond motifs is 1. The van der Waals surface area contributed by atoms with Crippen LogP contribution >= 0.6 is 0 Å². The maximum Gasteiger partial charge on any atom is 0.333 e. The first kappa shape index (κ1) is 11.4. The summed E-state index contributed by atoms with van der Waals surface area (Å²) in [5, 5.41) is 0. The van der Waals surface area contributed by atoms with Crippen LogP contribution in [0.15, 0.2) is 23.8 Å². The zero-order chi connectivity index (χ0) is 11.7. The number of carbonyl (C=O) groups is 1. The molecule has 2 fully saturated rings. The molecule has 2 aliphatic heterocycles. The molecule has 0 bridgehead atoms. The molecular formula is C13H19NO2. The van der Waals surface area contributed by atoms with E-state index in [0.717, 1.165) is 25.9 Å². The van der Waals surface area contributed by atoms with E-state index in [1.54, 1.807) is 13.0 Å². The second-order valence-corrected chi connectivity index (χ2v) is 4.59. The molecule has 0 aromatic rings. The zero-order valence-corrected chi connectivity index (χ0v) is 10.0. The molecule has 2 atom stereocenters. The molecule has 3 heteroatoms. The van der Waals surface area contributed by atoms with Gasteiger partial charge in [-0.15, -0.1) is 0 Å². The lowest BCUT2D eigenvalue weighted by atomic mass is 10.1. The van der Waals surface area contributed by atoms with E-state index in [-0.39, 0.29) is 18.1 Å². The van der Waals surface area contributed by atoms with Crippen LogP contribution < -0.4 is 0 Å². The van der Waals surface area contributed by atoms with Crippen molar-refractivity contribution >= 4 is 5.97 Å². The monoisotopic (exact) mass is 221 g/mol. The quantitative estimate of drug-likeness (QED) is 0.405. The van der Waals surface area contributed by atoms with Crippen molar-refractivity contribution in [2.24, 2.45) is 0 Å². The van der Waals surface area contributed by atoms with E-state index in [2.05, 4.69) is 11.5 Å². The van der Waals surface area contributed by atoms with E-state index < -0.39 is 0 Å². The summed E-state index contributed by atoms with van der Waals surface area (Å²) >= 11 is 0. The highest BCUT2D eigenvalue weighted by Crippen LogP contribution is 2.33. The van der Waals surface area contributed by atoms with Crippen LogP contribution in [0, 0.1) is 0 Å². The largest absolute Gasteiger partial charge is 0.457 e. The molecule has 0 amide bonds. The van der Waals surface area contributed by atoms with Crippen molar-refractivity contribution in [2.45, 2.75) is 38.8 Å². The number of esters is 1. The summed E-state index contributed by atoms with van der Waals surface area (Å²) in [6, 6.07) is 0.272. The van der Waals surface area contributed by atoms with Gasteiger partial charge in [-0.3, -0.25) is 4.90 Å². The number of hydrogen-bond donors (Lipinski definition) is 0. The molecule has 3 nitrogen and oxygen atoms in total. The lowest BCUT2D eigenvalue weighted by Crippen LogP contribution is -2.33. The van der Waals surface area contributed by atoms with Crippen LogP contribution in [0.1, 0.15) is 26.7 Å². The summed E-state index contributed by atoms with van der Waals surface area (Å²) in [4.78, 5) is 14.1. The fourth-order valence-electron chi connectivity index (χ4n) is 2.50. The Hall–Kier alpha value is -1.09. The highest BCUT2D eigenvalue weighted by atomic mass is 16.5. The molecule has 0 aromatic carbocycles. The molecule has 2 saturated heterocycles. The standard InChI is InChI=1S/C13H19NO2/c1-4-9(2)13(15)16-11-6-8-14-7-5-10(3)12(11)14/h4,11-12H,3,5-8H2,1-2H3/b9-4-/t11-,12+/m0/s1. The predicted molar refractivity (Wildman–Crippen MR) is 63.0 cm³/mol. The van der Waals surface area contributed by atoms with E-state index in [0.29, 0.717) is 5.57 Å². The number of hydrogen-bond acceptors (Lipinski definition) is 3. The number of rotatable bonds is 2. The minimum atomic E-state index is -0.186. The Kier molecular flexibility index (Phi) is 3.15. The van der Waals surface area contributed by atoms with Gasteiger partial charge in [0.05, 0.1) is 6.04 Å². The van der Waals surface area contributed by atoms with E-state index in [9.17, 15) is 4.79 Å². The molecule has 0 radical (unpaired) electrons. The molecular weight excluding hydrogens is 202 g/mol. The molecule has 88 valence electrons. The lowest BCUT2D eigenvalue weighted by molar-refractivity contribution is -0.144. The maximum absolute atomic E-state index is 11.7. The fraction of sp³-hybridized carbons (Fsp3) is 0.615. The second kappa shape index (κ2) is 4.42. The van der Waals surface area contributed by atoms with Crippen LogP contribution in [0.4, 0.5) is 0 Å². The van der Waals surface area contributed by atoms with Gasteiger partial charge in [-0.05, 0) is 26.7 Å². The summed E-state index contributed by atoms with van der Waals surface area (Å²) in [6.07, 6.45) is 3.78. The topological polar surface area (TPSA) is 29.5 Å². The molecule has 2 rings (SSSR count). The van der Waals surface area contributed by atoms with Gasteiger partial charge in [0.15, 0.2) is 0 Å². The molecule has 16 heavy (non-hydrogen) atoms. The SMILES string of the molecule is C=C1CCN2CC[C@H](OC(=O)/C(C)=C\C)[C@@H]12. The van der Waals surface area contributed by atoms with Gasteiger partial charge in [0.25, 0.3) is 0 Å². The maximum atomic E-state index is 11.7. The molecule has 0 N–H and O–H groups in total. The minimum Gasteiger partial charge on any atom is -0.457 e. The van der Waals surface area contributed by atoms with E-state index >= 15 is 0 Å². The normalized spacial score (nSPS) is 30.6. The molecule has 0 unspecified atom stereocenters. The van der Waals surface area contributed by atoms with Crippen molar-refractivity contribution in [1.29, 1.82) is 0 Å². The van der Waals surface area contributed by atoms with Crippen LogP contribution in [0.5, 0.6) is 0 Å². The number of nitrogens with zero attached hydrogens (tertiary/aromatic N) is 1. The Balaban J connectivity index is 2.01. The van der Waals surface area contributed by atoms with Crippen molar-refractivity contribution in [3.05, 3.63) is 23.8 Å². The number of ether oxygens (including phenoxy) is 1. The Labute approximate surface area is 96.8 Å². The van der Waals surface area contributed by atoms with Gasteiger partial charge in [0.1, 0.15) is 6.10 Å². The molecule has 0 aliphatic carbocycles. The summed E-state index contributed by atoms with van der Waals surface area (Å²) < 4.78 is 5.54. The summed E-state index contributed by atoms with van der Waals surface area (Å²) in [5.74, 6) is -0.186. The predicted octanol–water partition coefficient (Wildman–Crippen LogP) is 1.90. The van der Waals surface area contributed by atoms with Gasteiger partial charge < -0.3 is 4.74 Å². The molecule has 0 saturated carbocycles. The van der Waals surface area contributed by atoms with Gasteiger partial charge >= 0.3 is 5.97 Å². The Bertz CT molecular complexity index is 346. The molecule has 0 spiro atoms. The number of allylic oxidation sites excluding steroid dienone is 1. The van der Waals surface area contributed by atoms with Gasteiger partial charge in [0, 0.05) is 18.7 Å². The van der Waals surface area contributed by atoms with Gasteiger partial charge in [-0.25, -0.2) is 4.79 Å². The third-order valence-corrected chi connectivity index (χ3v) is 3.60. The highest BCUT2D eigenvalue weighted by Gasteiger charge is 2.41. The van der Waals surface area contributed by atoms with Crippen molar-refractivity contribution in [2.75, 3.05) is 13.1 Å². The lowest BCUT2D eigenvalue weighted by Gasteiger charge is -2.21. The van der Waals surface area contributed by atoms with Crippen molar-refractivity contribution < 1.29 is 9.53 Å². The summed E-state index contributed by atoms with van der Waals surface area (Å²) in [5.41, 5.74) is 1.90. The fourth-order valence-corrected chi connectivity index (χ4v) is 2.50. The average molecular weight is 221 g/mol. The average Bonchev–Trinajstić information content (AvgIpc) is 2.82. The summed E-state index contributed by atoms with van der Waals surface area (Å²) in [7, 11) is 0. The molecule has 0 aromatic heterocycles. The Morgan fingerprint density at radius 3 is 3.00 bits per heavy atom. The molecule has 2 heterocycles. The van der Waals surface area contributed by atoms with E-state index in [4.69, 9.17) is 4.74 Å². The third-order valence-electron chi connectivity index (χ3n) is 3.60. The first-order valence-corrected chi connectivity index (χ1v) is 5.89. The third kappa shape index (κ3) is 1.92. The van der Waals surface area contributed by atoms with Crippen molar-refractivity contribution in [3.8, 4) is 0 Å². The number of carbonyl (C=O) groups excluding carboxylic acids is 1. The van der Waals surface area contributed by atoms with Gasteiger partial charge in [-0.1, -0.05) is 18.2 Å². The van der Waals surface area contributed by atoms with Crippen molar-refractivity contribution in [3.63, 3.8) is 0 Å². The first-order valence-electron chi connectivity index (χ1n) is 5.89. The van der Waals surface area contributed by atoms with Gasteiger partial charge in [-0.2, -0.15) is 0 Å². The molecule has 2 aliphatic rings. The minimum absolute atomic E-state index is 0.0115. The van der Waals surface area contributed by atoms with E-state index in [1.807, 2.05) is 6.92 Å². The van der Waals surface area contributed by atoms with Gasteiger partial charge in [0.2, 0.25) is 0 Å². The van der Waals surface area contributed by atoms with Crippen LogP contribution in [-0.2, 0) is 9.53 Å². The smallest absolute Gasteiger partial charge is 0.333 e. The summed E-state index contributed by atoms with van der Waals surface area (Å²) in [6.45, 7) is 9.81. The van der Waals surface area contributed by atoms with Crippen LogP contribution in [-0.4, -0.2) is 36.1 Å². The van der Waals surface area contributed by atoms with Crippen LogP contribution in [0.3, 0.4) is 0 Å². The highest BCUT2D eigenvalue weighted by molar-refractivity contribution is 5.87.